The molecule has 0 bridgehead atoms. The molecular formula is C21H18Cl2FN3O. The lowest BCUT2D eigenvalue weighted by molar-refractivity contribution is 0.0725. The van der Waals surface area contributed by atoms with Crippen LogP contribution in [0.25, 0.3) is 10.9 Å². The molecule has 2 aromatic carbocycles. The summed E-state index contributed by atoms with van der Waals surface area (Å²) in [6.07, 6.45) is 4.61. The van der Waals surface area contributed by atoms with Gasteiger partial charge in [0, 0.05) is 29.7 Å². The molecule has 1 aliphatic heterocycles. The predicted molar refractivity (Wildman–Crippen MR) is 111 cm³/mol. The molecule has 0 atom stereocenters. The quantitative estimate of drug-likeness (QED) is 0.563. The van der Waals surface area contributed by atoms with Crippen LogP contribution in [0.2, 0.25) is 10.0 Å². The molecule has 4 nitrogen and oxygen atoms in total. The topological polar surface area (TPSA) is 45.2 Å². The van der Waals surface area contributed by atoms with E-state index in [1.807, 2.05) is 4.90 Å². The maximum atomic E-state index is 14.0. The molecule has 0 aliphatic carbocycles. The molecule has 1 N–H and O–H groups in total. The number of likely N-dealkylation sites (tertiary alicyclic amines) is 1. The maximum absolute atomic E-state index is 14.0. The van der Waals surface area contributed by atoms with E-state index in [1.165, 1.54) is 18.3 Å². The Hall–Kier alpha value is -2.37. The second kappa shape index (κ2) is 7.94. The Kier molecular flexibility index (Phi) is 5.38. The molecule has 1 fully saturated rings. The van der Waals surface area contributed by atoms with E-state index in [4.69, 9.17) is 23.2 Å². The summed E-state index contributed by atoms with van der Waals surface area (Å²) in [6, 6.07) is 9.32. The van der Waals surface area contributed by atoms with Gasteiger partial charge in [0.25, 0.3) is 5.91 Å². The number of carbonyl (C=O) groups excluding carboxylic acids is 1. The van der Waals surface area contributed by atoms with Crippen LogP contribution >= 0.6 is 23.2 Å². The Labute approximate surface area is 172 Å². The minimum atomic E-state index is -0.405. The first-order valence-corrected chi connectivity index (χ1v) is 9.88. The number of anilines is 2. The van der Waals surface area contributed by atoms with Crippen LogP contribution in [0.4, 0.5) is 15.8 Å². The number of aromatic nitrogens is 1. The maximum Gasteiger partial charge on any atom is 0.257 e. The SMILES string of the molecule is O=C(c1cnc2ccc(F)cc2c1Nc1cc(Cl)ccc1Cl)N1CCCCC1. The van der Waals surface area contributed by atoms with Gasteiger partial charge in [-0.05, 0) is 55.7 Å². The van der Waals surface area contributed by atoms with Crippen LogP contribution in [-0.2, 0) is 0 Å². The first-order valence-electron chi connectivity index (χ1n) is 9.12. The lowest BCUT2D eigenvalue weighted by Crippen LogP contribution is -2.36. The van der Waals surface area contributed by atoms with E-state index in [1.54, 1.807) is 24.3 Å². The lowest BCUT2D eigenvalue weighted by atomic mass is 10.1. The third kappa shape index (κ3) is 3.77. The van der Waals surface area contributed by atoms with Crippen molar-refractivity contribution in [1.29, 1.82) is 0 Å². The fourth-order valence-electron chi connectivity index (χ4n) is 3.46. The summed E-state index contributed by atoms with van der Waals surface area (Å²) in [5, 5.41) is 4.66. The molecule has 3 aromatic rings. The number of carbonyl (C=O) groups is 1. The number of amides is 1. The van der Waals surface area contributed by atoms with Crippen LogP contribution < -0.4 is 5.32 Å². The Balaban J connectivity index is 1.85. The zero-order valence-electron chi connectivity index (χ0n) is 15.0. The van der Waals surface area contributed by atoms with Crippen molar-refractivity contribution in [2.24, 2.45) is 0 Å². The highest BCUT2D eigenvalue weighted by Crippen LogP contribution is 2.34. The summed E-state index contributed by atoms with van der Waals surface area (Å²) in [7, 11) is 0. The number of fused-ring (bicyclic) bond motifs is 1. The summed E-state index contributed by atoms with van der Waals surface area (Å²) in [4.78, 5) is 19.4. The van der Waals surface area contributed by atoms with Crippen molar-refractivity contribution in [3.63, 3.8) is 0 Å². The highest BCUT2D eigenvalue weighted by Gasteiger charge is 2.23. The Bertz CT molecular complexity index is 1050. The van der Waals surface area contributed by atoms with Crippen molar-refractivity contribution in [3.8, 4) is 0 Å². The van der Waals surface area contributed by atoms with Gasteiger partial charge in [0.2, 0.25) is 0 Å². The molecule has 28 heavy (non-hydrogen) atoms. The Morgan fingerprint density at radius 1 is 1.07 bits per heavy atom. The Morgan fingerprint density at radius 3 is 2.64 bits per heavy atom. The fraction of sp³-hybridized carbons (Fsp3) is 0.238. The van der Waals surface area contributed by atoms with Gasteiger partial charge in [-0.3, -0.25) is 9.78 Å². The van der Waals surface area contributed by atoms with Crippen molar-refractivity contribution in [1.82, 2.24) is 9.88 Å². The summed E-state index contributed by atoms with van der Waals surface area (Å²) in [5.74, 6) is -0.531. The van der Waals surface area contributed by atoms with Crippen molar-refractivity contribution >= 4 is 51.4 Å². The van der Waals surface area contributed by atoms with E-state index in [2.05, 4.69) is 10.3 Å². The first-order chi connectivity index (χ1) is 13.5. The monoisotopic (exact) mass is 417 g/mol. The molecule has 4 rings (SSSR count). The molecule has 1 amide bonds. The third-order valence-electron chi connectivity index (χ3n) is 4.89. The first kappa shape index (κ1) is 19.0. The van der Waals surface area contributed by atoms with Crippen LogP contribution in [0.1, 0.15) is 29.6 Å². The van der Waals surface area contributed by atoms with Crippen LogP contribution in [-0.4, -0.2) is 28.9 Å². The molecule has 2 heterocycles. The number of hydrogen-bond donors (Lipinski definition) is 1. The standard InChI is InChI=1S/C21H18Cl2FN3O/c22-13-4-6-17(23)19(10-13)26-20-15-11-14(24)5-7-18(15)25-12-16(20)21(28)27-8-2-1-3-9-27/h4-7,10-12H,1-3,8-9H2,(H,25,26). The number of nitrogens with one attached hydrogen (secondary N) is 1. The van der Waals surface area contributed by atoms with Gasteiger partial charge in [-0.25, -0.2) is 4.39 Å². The molecule has 0 saturated carbocycles. The molecule has 144 valence electrons. The molecule has 1 aromatic heterocycles. The number of pyridine rings is 1. The van der Waals surface area contributed by atoms with E-state index < -0.39 is 5.82 Å². The molecule has 0 radical (unpaired) electrons. The van der Waals surface area contributed by atoms with Crippen molar-refractivity contribution in [2.75, 3.05) is 18.4 Å². The number of nitrogens with zero attached hydrogens (tertiary/aromatic N) is 2. The molecular weight excluding hydrogens is 400 g/mol. The van der Waals surface area contributed by atoms with Crippen molar-refractivity contribution < 1.29 is 9.18 Å². The summed E-state index contributed by atoms with van der Waals surface area (Å²) < 4.78 is 14.0. The van der Waals surface area contributed by atoms with Crippen LogP contribution in [0.3, 0.4) is 0 Å². The smallest absolute Gasteiger partial charge is 0.257 e. The average molecular weight is 418 g/mol. The second-order valence-corrected chi connectivity index (χ2v) is 7.65. The van der Waals surface area contributed by atoms with Gasteiger partial charge in [-0.1, -0.05) is 23.2 Å². The van der Waals surface area contributed by atoms with Crippen molar-refractivity contribution in [3.05, 3.63) is 64.0 Å². The molecule has 0 unspecified atom stereocenters. The van der Waals surface area contributed by atoms with Gasteiger partial charge in [0.1, 0.15) is 5.82 Å². The van der Waals surface area contributed by atoms with Gasteiger partial charge >= 0.3 is 0 Å². The number of benzene rings is 2. The summed E-state index contributed by atoms with van der Waals surface area (Å²) in [5.41, 5.74) is 1.98. The van der Waals surface area contributed by atoms with Gasteiger partial charge < -0.3 is 10.2 Å². The molecule has 7 heteroatoms. The minimum Gasteiger partial charge on any atom is -0.353 e. The predicted octanol–water partition coefficient (Wildman–Crippen LogP) is 6.05. The van der Waals surface area contributed by atoms with Gasteiger partial charge in [-0.15, -0.1) is 0 Å². The number of rotatable bonds is 3. The number of halogens is 3. The third-order valence-corrected chi connectivity index (χ3v) is 5.46. The Morgan fingerprint density at radius 2 is 1.86 bits per heavy atom. The fourth-order valence-corrected chi connectivity index (χ4v) is 3.79. The van der Waals surface area contributed by atoms with E-state index in [9.17, 15) is 9.18 Å². The average Bonchev–Trinajstić information content (AvgIpc) is 2.71. The zero-order chi connectivity index (χ0) is 19.7. The highest BCUT2D eigenvalue weighted by molar-refractivity contribution is 6.35. The van der Waals surface area contributed by atoms with E-state index in [0.29, 0.717) is 51.0 Å². The van der Waals surface area contributed by atoms with Crippen molar-refractivity contribution in [2.45, 2.75) is 19.3 Å². The van der Waals surface area contributed by atoms with E-state index >= 15 is 0 Å². The van der Waals surface area contributed by atoms with Crippen LogP contribution in [0.15, 0.2) is 42.6 Å². The number of hydrogen-bond acceptors (Lipinski definition) is 3. The summed E-state index contributed by atoms with van der Waals surface area (Å²) in [6.45, 7) is 1.41. The molecule has 1 aliphatic rings. The number of piperidine rings is 1. The van der Waals surface area contributed by atoms with E-state index in [-0.39, 0.29) is 5.91 Å². The van der Waals surface area contributed by atoms with E-state index in [0.717, 1.165) is 19.3 Å². The summed E-state index contributed by atoms with van der Waals surface area (Å²) >= 11 is 12.4. The van der Waals surface area contributed by atoms with Gasteiger partial charge in [0.15, 0.2) is 0 Å². The zero-order valence-corrected chi connectivity index (χ0v) is 16.5. The highest BCUT2D eigenvalue weighted by atomic mass is 35.5. The lowest BCUT2D eigenvalue weighted by Gasteiger charge is -2.28. The van der Waals surface area contributed by atoms with Crippen LogP contribution in [0, 0.1) is 5.82 Å². The molecule has 0 spiro atoms. The van der Waals surface area contributed by atoms with Crippen LogP contribution in [0.5, 0.6) is 0 Å². The van der Waals surface area contributed by atoms with Gasteiger partial charge in [-0.2, -0.15) is 0 Å². The van der Waals surface area contributed by atoms with Gasteiger partial charge in [0.05, 0.1) is 27.5 Å². The normalized spacial score (nSPS) is 14.3. The molecule has 1 saturated heterocycles. The second-order valence-electron chi connectivity index (χ2n) is 6.81. The minimum absolute atomic E-state index is 0.126. The largest absolute Gasteiger partial charge is 0.353 e.